The molecule has 2 N–H and O–H groups in total. The Balaban J connectivity index is 2.20. The molecule has 0 bridgehead atoms. The Kier molecular flexibility index (Phi) is 3.10. The van der Waals surface area contributed by atoms with E-state index in [0.717, 1.165) is 12.2 Å². The molecule has 0 aliphatic rings. The Morgan fingerprint density at radius 2 is 2.19 bits per heavy atom. The van der Waals surface area contributed by atoms with Gasteiger partial charge in [-0.1, -0.05) is 0 Å². The van der Waals surface area contributed by atoms with Gasteiger partial charge in [-0.15, -0.1) is 0 Å². The van der Waals surface area contributed by atoms with Crippen molar-refractivity contribution in [1.82, 2.24) is 0 Å². The molecule has 2 aromatic rings. The van der Waals surface area contributed by atoms with Crippen LogP contribution in [0.25, 0.3) is 0 Å². The summed E-state index contributed by atoms with van der Waals surface area (Å²) in [7, 11) is 1.91. The van der Waals surface area contributed by atoms with Crippen LogP contribution in [0.15, 0.2) is 35.0 Å². The standard InChI is InChI=1S/C12H13FN2S/c1-15(7-9-4-5-16-8-9)12-6-10(13)2-3-11(12)14/h2-6,8H,7,14H2,1H3. The summed E-state index contributed by atoms with van der Waals surface area (Å²) in [6, 6.07) is 6.48. The van der Waals surface area contributed by atoms with Crippen molar-refractivity contribution in [2.24, 2.45) is 0 Å². The Labute approximate surface area is 98.1 Å². The molecular weight excluding hydrogens is 223 g/mol. The average Bonchev–Trinajstić information content (AvgIpc) is 2.74. The average molecular weight is 236 g/mol. The largest absolute Gasteiger partial charge is 0.397 e. The van der Waals surface area contributed by atoms with Gasteiger partial charge in [0.15, 0.2) is 0 Å². The van der Waals surface area contributed by atoms with E-state index < -0.39 is 0 Å². The molecule has 4 heteroatoms. The van der Waals surface area contributed by atoms with Crippen LogP contribution >= 0.6 is 11.3 Å². The zero-order valence-corrected chi connectivity index (χ0v) is 9.80. The highest BCUT2D eigenvalue weighted by Gasteiger charge is 2.07. The van der Waals surface area contributed by atoms with Gasteiger partial charge in [-0.25, -0.2) is 4.39 Å². The van der Waals surface area contributed by atoms with Gasteiger partial charge >= 0.3 is 0 Å². The van der Waals surface area contributed by atoms with Crippen LogP contribution in [0.3, 0.4) is 0 Å². The van der Waals surface area contributed by atoms with Gasteiger partial charge in [-0.2, -0.15) is 11.3 Å². The maximum absolute atomic E-state index is 13.1. The summed E-state index contributed by atoms with van der Waals surface area (Å²) in [5.41, 5.74) is 8.34. The fraction of sp³-hybridized carbons (Fsp3) is 0.167. The van der Waals surface area contributed by atoms with Crippen LogP contribution in [0.5, 0.6) is 0 Å². The third-order valence-electron chi connectivity index (χ3n) is 2.40. The van der Waals surface area contributed by atoms with Crippen molar-refractivity contribution in [3.05, 3.63) is 46.4 Å². The number of nitrogens with two attached hydrogens (primary N) is 1. The third kappa shape index (κ3) is 2.33. The summed E-state index contributed by atoms with van der Waals surface area (Å²) in [5, 5.41) is 4.10. The molecule has 16 heavy (non-hydrogen) atoms. The molecule has 0 saturated heterocycles. The van der Waals surface area contributed by atoms with Gasteiger partial charge in [-0.05, 0) is 40.6 Å². The molecule has 0 aliphatic carbocycles. The molecule has 0 unspecified atom stereocenters. The fourth-order valence-electron chi connectivity index (χ4n) is 1.59. The Morgan fingerprint density at radius 3 is 2.88 bits per heavy atom. The summed E-state index contributed by atoms with van der Waals surface area (Å²) in [6.07, 6.45) is 0. The number of halogens is 1. The number of thiophene rings is 1. The van der Waals surface area contributed by atoms with Crippen LogP contribution < -0.4 is 10.6 Å². The van der Waals surface area contributed by atoms with Crippen molar-refractivity contribution < 1.29 is 4.39 Å². The summed E-state index contributed by atoms with van der Waals surface area (Å²) in [5.74, 6) is -0.263. The quantitative estimate of drug-likeness (QED) is 0.830. The van der Waals surface area contributed by atoms with E-state index in [1.54, 1.807) is 17.4 Å². The van der Waals surface area contributed by atoms with Crippen LogP contribution in [-0.4, -0.2) is 7.05 Å². The molecule has 1 heterocycles. The van der Waals surface area contributed by atoms with E-state index in [-0.39, 0.29) is 5.82 Å². The van der Waals surface area contributed by atoms with Crippen molar-refractivity contribution in [2.75, 3.05) is 17.7 Å². The first-order valence-electron chi connectivity index (χ1n) is 4.94. The molecule has 0 spiro atoms. The van der Waals surface area contributed by atoms with E-state index in [4.69, 9.17) is 5.73 Å². The monoisotopic (exact) mass is 236 g/mol. The number of hydrogen-bond acceptors (Lipinski definition) is 3. The minimum atomic E-state index is -0.263. The second-order valence-electron chi connectivity index (χ2n) is 3.69. The van der Waals surface area contributed by atoms with E-state index in [2.05, 4.69) is 11.4 Å². The first-order chi connectivity index (χ1) is 7.66. The van der Waals surface area contributed by atoms with Crippen LogP contribution in [0.1, 0.15) is 5.56 Å². The zero-order chi connectivity index (χ0) is 11.5. The first-order valence-corrected chi connectivity index (χ1v) is 5.88. The SMILES string of the molecule is CN(Cc1ccsc1)c1cc(F)ccc1N. The van der Waals surface area contributed by atoms with Gasteiger partial charge in [-0.3, -0.25) is 0 Å². The summed E-state index contributed by atoms with van der Waals surface area (Å²) in [6.45, 7) is 0.733. The lowest BCUT2D eigenvalue weighted by molar-refractivity contribution is 0.627. The highest BCUT2D eigenvalue weighted by atomic mass is 32.1. The lowest BCUT2D eigenvalue weighted by atomic mass is 10.2. The van der Waals surface area contributed by atoms with E-state index in [1.165, 1.54) is 17.7 Å². The normalized spacial score (nSPS) is 10.4. The lowest BCUT2D eigenvalue weighted by Crippen LogP contribution is -2.17. The zero-order valence-electron chi connectivity index (χ0n) is 8.98. The van der Waals surface area contributed by atoms with Gasteiger partial charge < -0.3 is 10.6 Å². The molecule has 1 aromatic carbocycles. The number of nitrogens with zero attached hydrogens (tertiary/aromatic N) is 1. The van der Waals surface area contributed by atoms with E-state index in [9.17, 15) is 4.39 Å². The van der Waals surface area contributed by atoms with Crippen LogP contribution in [0.2, 0.25) is 0 Å². The molecule has 2 rings (SSSR count). The van der Waals surface area contributed by atoms with Crippen molar-refractivity contribution in [3.8, 4) is 0 Å². The van der Waals surface area contributed by atoms with Crippen molar-refractivity contribution in [3.63, 3.8) is 0 Å². The third-order valence-corrected chi connectivity index (χ3v) is 3.14. The second kappa shape index (κ2) is 4.53. The highest BCUT2D eigenvalue weighted by molar-refractivity contribution is 7.07. The first kappa shape index (κ1) is 11.0. The minimum Gasteiger partial charge on any atom is -0.397 e. The number of nitrogen functional groups attached to an aromatic ring is 1. The van der Waals surface area contributed by atoms with Gasteiger partial charge in [0, 0.05) is 13.6 Å². The fourth-order valence-corrected chi connectivity index (χ4v) is 2.25. The number of rotatable bonds is 3. The van der Waals surface area contributed by atoms with Gasteiger partial charge in [0.05, 0.1) is 11.4 Å². The maximum Gasteiger partial charge on any atom is 0.125 e. The van der Waals surface area contributed by atoms with Crippen molar-refractivity contribution in [2.45, 2.75) is 6.54 Å². The molecule has 0 radical (unpaired) electrons. The summed E-state index contributed by atoms with van der Waals surface area (Å²) >= 11 is 1.65. The molecule has 0 atom stereocenters. The number of anilines is 2. The summed E-state index contributed by atoms with van der Waals surface area (Å²) in [4.78, 5) is 1.94. The molecule has 0 amide bonds. The highest BCUT2D eigenvalue weighted by Crippen LogP contribution is 2.24. The molecule has 0 saturated carbocycles. The second-order valence-corrected chi connectivity index (χ2v) is 4.47. The molecular formula is C12H13FN2S. The van der Waals surface area contributed by atoms with Crippen LogP contribution in [-0.2, 0) is 6.54 Å². The molecule has 0 fully saturated rings. The van der Waals surface area contributed by atoms with Crippen molar-refractivity contribution in [1.29, 1.82) is 0 Å². The Bertz CT molecular complexity index is 468. The van der Waals surface area contributed by atoms with Gasteiger partial charge in [0.2, 0.25) is 0 Å². The lowest BCUT2D eigenvalue weighted by Gasteiger charge is -2.20. The number of benzene rings is 1. The Morgan fingerprint density at radius 1 is 1.38 bits per heavy atom. The van der Waals surface area contributed by atoms with Crippen LogP contribution in [0, 0.1) is 5.82 Å². The predicted octanol–water partition coefficient (Wildman–Crippen LogP) is 3.11. The molecule has 2 nitrogen and oxygen atoms in total. The summed E-state index contributed by atoms with van der Waals surface area (Å²) < 4.78 is 13.1. The van der Waals surface area contributed by atoms with E-state index >= 15 is 0 Å². The minimum absolute atomic E-state index is 0.263. The van der Waals surface area contributed by atoms with E-state index in [1.807, 2.05) is 17.3 Å². The van der Waals surface area contributed by atoms with E-state index in [0.29, 0.717) is 5.69 Å². The maximum atomic E-state index is 13.1. The van der Waals surface area contributed by atoms with Gasteiger partial charge in [0.1, 0.15) is 5.82 Å². The predicted molar refractivity (Wildman–Crippen MR) is 67.2 cm³/mol. The molecule has 0 aliphatic heterocycles. The molecule has 1 aromatic heterocycles. The van der Waals surface area contributed by atoms with Gasteiger partial charge in [0.25, 0.3) is 0 Å². The van der Waals surface area contributed by atoms with Crippen LogP contribution in [0.4, 0.5) is 15.8 Å². The smallest absolute Gasteiger partial charge is 0.125 e. The topological polar surface area (TPSA) is 29.3 Å². The number of hydrogen-bond donors (Lipinski definition) is 1. The Hall–Kier alpha value is -1.55. The molecule has 84 valence electrons. The van der Waals surface area contributed by atoms with Crippen molar-refractivity contribution >= 4 is 22.7 Å².